The Balaban J connectivity index is 0.00000176. The number of nitrogens with one attached hydrogen (secondary N) is 1. The van der Waals surface area contributed by atoms with Crippen molar-refractivity contribution in [2.75, 3.05) is 6.54 Å². The van der Waals surface area contributed by atoms with Gasteiger partial charge in [0.15, 0.2) is 5.96 Å². The summed E-state index contributed by atoms with van der Waals surface area (Å²) in [7, 11) is 0. The SMILES string of the molecule is I.NC(=NCCc1cccs1)NC1CC1c1ccc(Br)cc1. The Labute approximate surface area is 160 Å². The Morgan fingerprint density at radius 1 is 1.32 bits per heavy atom. The van der Waals surface area contributed by atoms with Crippen molar-refractivity contribution in [3.05, 3.63) is 56.7 Å². The molecule has 1 heterocycles. The molecule has 2 unspecified atom stereocenters. The molecule has 3 N–H and O–H groups in total. The summed E-state index contributed by atoms with van der Waals surface area (Å²) in [5.74, 6) is 1.13. The fourth-order valence-electron chi connectivity index (χ4n) is 2.41. The molecular formula is C16H19BrIN3S. The van der Waals surface area contributed by atoms with Crippen LogP contribution >= 0.6 is 51.2 Å². The molecule has 1 fully saturated rings. The number of rotatable bonds is 5. The molecule has 0 amide bonds. The summed E-state index contributed by atoms with van der Waals surface area (Å²) < 4.78 is 1.12. The summed E-state index contributed by atoms with van der Waals surface area (Å²) in [6, 6.07) is 13.1. The van der Waals surface area contributed by atoms with Gasteiger partial charge in [0.05, 0.1) is 0 Å². The van der Waals surface area contributed by atoms with Crippen LogP contribution in [0.4, 0.5) is 0 Å². The first-order chi connectivity index (χ1) is 10.2. The number of halogens is 2. The number of hydrogen-bond acceptors (Lipinski definition) is 2. The van der Waals surface area contributed by atoms with Gasteiger partial charge in [0.2, 0.25) is 0 Å². The van der Waals surface area contributed by atoms with Gasteiger partial charge < -0.3 is 11.1 Å². The minimum absolute atomic E-state index is 0. The van der Waals surface area contributed by atoms with Crippen molar-refractivity contribution in [2.45, 2.75) is 24.8 Å². The van der Waals surface area contributed by atoms with Crippen LogP contribution in [0.15, 0.2) is 51.2 Å². The molecule has 6 heteroatoms. The van der Waals surface area contributed by atoms with Gasteiger partial charge in [0.1, 0.15) is 0 Å². The number of aliphatic imine (C=N–C) groups is 1. The quantitative estimate of drug-likeness (QED) is 0.375. The van der Waals surface area contributed by atoms with E-state index in [0.717, 1.165) is 23.9 Å². The van der Waals surface area contributed by atoms with Gasteiger partial charge in [0, 0.05) is 34.3 Å². The molecule has 2 aromatic rings. The number of nitrogens with two attached hydrogens (primary N) is 1. The summed E-state index contributed by atoms with van der Waals surface area (Å²) in [6.07, 6.45) is 2.09. The molecule has 3 rings (SSSR count). The standard InChI is InChI=1S/C16H18BrN3S.HI/c17-12-5-3-11(4-6-12)14-10-15(14)20-16(18)19-8-7-13-2-1-9-21-13;/h1-6,9,14-15H,7-8,10H2,(H3,18,19,20);1H. The van der Waals surface area contributed by atoms with Crippen LogP contribution in [0, 0.1) is 0 Å². The van der Waals surface area contributed by atoms with Crippen LogP contribution in [-0.4, -0.2) is 18.5 Å². The smallest absolute Gasteiger partial charge is 0.188 e. The average Bonchev–Trinajstić information content (AvgIpc) is 3.02. The normalized spacial score (nSPS) is 20.3. The number of thiophene rings is 1. The Hall–Kier alpha value is -0.600. The monoisotopic (exact) mass is 491 g/mol. The van der Waals surface area contributed by atoms with Crippen LogP contribution in [-0.2, 0) is 6.42 Å². The lowest BCUT2D eigenvalue weighted by molar-refractivity contribution is 0.844. The summed E-state index contributed by atoms with van der Waals surface area (Å²) in [4.78, 5) is 5.76. The third-order valence-electron chi connectivity index (χ3n) is 3.64. The van der Waals surface area contributed by atoms with E-state index in [1.54, 1.807) is 11.3 Å². The van der Waals surface area contributed by atoms with Crippen molar-refractivity contribution in [3.63, 3.8) is 0 Å². The molecule has 1 aliphatic rings. The lowest BCUT2D eigenvalue weighted by Gasteiger charge is -2.05. The molecule has 22 heavy (non-hydrogen) atoms. The van der Waals surface area contributed by atoms with Crippen LogP contribution in [0.25, 0.3) is 0 Å². The molecule has 1 aromatic carbocycles. The molecule has 1 aliphatic carbocycles. The molecule has 2 atom stereocenters. The van der Waals surface area contributed by atoms with Gasteiger partial charge in [-0.2, -0.15) is 0 Å². The first-order valence-electron chi connectivity index (χ1n) is 7.06. The van der Waals surface area contributed by atoms with E-state index < -0.39 is 0 Å². The van der Waals surface area contributed by atoms with Crippen molar-refractivity contribution in [3.8, 4) is 0 Å². The fraction of sp³-hybridized carbons (Fsp3) is 0.312. The summed E-state index contributed by atoms with van der Waals surface area (Å²) in [6.45, 7) is 0.745. The van der Waals surface area contributed by atoms with Crippen molar-refractivity contribution in [1.29, 1.82) is 0 Å². The van der Waals surface area contributed by atoms with Crippen molar-refractivity contribution in [1.82, 2.24) is 5.32 Å². The van der Waals surface area contributed by atoms with Gasteiger partial charge in [-0.25, -0.2) is 0 Å². The topological polar surface area (TPSA) is 50.4 Å². The average molecular weight is 492 g/mol. The van der Waals surface area contributed by atoms with E-state index >= 15 is 0 Å². The molecule has 118 valence electrons. The predicted octanol–water partition coefficient (Wildman–Crippen LogP) is 4.13. The molecule has 3 nitrogen and oxygen atoms in total. The number of guanidine groups is 1. The third-order valence-corrected chi connectivity index (χ3v) is 5.11. The van der Waals surface area contributed by atoms with E-state index in [1.807, 2.05) is 0 Å². The van der Waals surface area contributed by atoms with Gasteiger partial charge in [-0.05, 0) is 35.6 Å². The maximum atomic E-state index is 5.95. The zero-order valence-electron chi connectivity index (χ0n) is 12.0. The summed E-state index contributed by atoms with van der Waals surface area (Å²) >= 11 is 5.23. The molecule has 1 saturated carbocycles. The van der Waals surface area contributed by atoms with E-state index in [4.69, 9.17) is 5.73 Å². The molecule has 0 radical (unpaired) electrons. The van der Waals surface area contributed by atoms with Gasteiger partial charge in [-0.3, -0.25) is 4.99 Å². The largest absolute Gasteiger partial charge is 0.370 e. The number of hydrogen-bond donors (Lipinski definition) is 2. The second kappa shape index (κ2) is 8.31. The first-order valence-corrected chi connectivity index (χ1v) is 8.74. The molecule has 0 bridgehead atoms. The van der Waals surface area contributed by atoms with E-state index in [1.165, 1.54) is 10.4 Å². The lowest BCUT2D eigenvalue weighted by Crippen LogP contribution is -2.34. The zero-order chi connectivity index (χ0) is 14.7. The zero-order valence-corrected chi connectivity index (χ0v) is 16.8. The van der Waals surface area contributed by atoms with Crippen molar-refractivity contribution >= 4 is 57.2 Å². The van der Waals surface area contributed by atoms with Crippen molar-refractivity contribution < 1.29 is 0 Å². The second-order valence-corrected chi connectivity index (χ2v) is 7.19. The van der Waals surface area contributed by atoms with Gasteiger partial charge in [0.25, 0.3) is 0 Å². The van der Waals surface area contributed by atoms with Gasteiger partial charge >= 0.3 is 0 Å². The van der Waals surface area contributed by atoms with E-state index in [0.29, 0.717) is 17.9 Å². The Morgan fingerprint density at radius 2 is 2.09 bits per heavy atom. The van der Waals surface area contributed by atoms with Crippen LogP contribution in [0.3, 0.4) is 0 Å². The van der Waals surface area contributed by atoms with Crippen LogP contribution in [0.2, 0.25) is 0 Å². The number of benzene rings is 1. The maximum Gasteiger partial charge on any atom is 0.188 e. The number of nitrogens with zero attached hydrogens (tertiary/aromatic N) is 1. The molecule has 0 spiro atoms. The van der Waals surface area contributed by atoms with E-state index in [-0.39, 0.29) is 24.0 Å². The highest BCUT2D eigenvalue weighted by atomic mass is 127. The highest BCUT2D eigenvalue weighted by Gasteiger charge is 2.38. The second-order valence-electron chi connectivity index (χ2n) is 5.24. The summed E-state index contributed by atoms with van der Waals surface area (Å²) in [5, 5.41) is 5.41. The first kappa shape index (κ1) is 17.7. The molecule has 1 aromatic heterocycles. The minimum Gasteiger partial charge on any atom is -0.370 e. The van der Waals surface area contributed by atoms with Gasteiger partial charge in [-0.15, -0.1) is 35.3 Å². The maximum absolute atomic E-state index is 5.95. The highest BCUT2D eigenvalue weighted by molar-refractivity contribution is 14.0. The van der Waals surface area contributed by atoms with Crippen molar-refractivity contribution in [2.24, 2.45) is 10.7 Å². The predicted molar refractivity (Wildman–Crippen MR) is 108 cm³/mol. The summed E-state index contributed by atoms with van der Waals surface area (Å²) in [5.41, 5.74) is 7.32. The van der Waals surface area contributed by atoms with Gasteiger partial charge in [-0.1, -0.05) is 34.1 Å². The van der Waals surface area contributed by atoms with Crippen LogP contribution < -0.4 is 11.1 Å². The molecule has 0 saturated heterocycles. The van der Waals surface area contributed by atoms with E-state index in [9.17, 15) is 0 Å². The third kappa shape index (κ3) is 4.96. The Kier molecular flexibility index (Phi) is 6.70. The van der Waals surface area contributed by atoms with Crippen LogP contribution in [0.1, 0.15) is 22.8 Å². The van der Waals surface area contributed by atoms with E-state index in [2.05, 4.69) is 68.0 Å². The lowest BCUT2D eigenvalue weighted by atomic mass is 10.1. The molecular weight excluding hydrogens is 473 g/mol. The molecule has 0 aliphatic heterocycles. The van der Waals surface area contributed by atoms with Crippen LogP contribution in [0.5, 0.6) is 0 Å². The fourth-order valence-corrected chi connectivity index (χ4v) is 3.37. The minimum atomic E-state index is 0. The Bertz CT molecular complexity index is 613. The Morgan fingerprint density at radius 3 is 2.77 bits per heavy atom. The highest BCUT2D eigenvalue weighted by Crippen LogP contribution is 2.40.